The fourth-order valence-electron chi connectivity index (χ4n) is 2.46. The first-order valence-electron chi connectivity index (χ1n) is 8.75. The van der Waals surface area contributed by atoms with E-state index < -0.39 is 11.1 Å². The smallest absolute Gasteiger partial charge is 0.237 e. The predicted octanol–water partition coefficient (Wildman–Crippen LogP) is 3.97. The van der Waals surface area contributed by atoms with Crippen molar-refractivity contribution in [1.29, 1.82) is 0 Å². The van der Waals surface area contributed by atoms with Crippen LogP contribution in [0.25, 0.3) is 11.4 Å². The van der Waals surface area contributed by atoms with Gasteiger partial charge in [-0.25, -0.2) is 9.07 Å². The van der Waals surface area contributed by atoms with Crippen LogP contribution in [0.3, 0.4) is 0 Å². The van der Waals surface area contributed by atoms with Crippen LogP contribution in [0.1, 0.15) is 13.8 Å². The zero-order valence-corrected chi connectivity index (χ0v) is 17.3. The van der Waals surface area contributed by atoms with E-state index in [2.05, 4.69) is 15.5 Å². The van der Waals surface area contributed by atoms with E-state index in [1.165, 1.54) is 16.8 Å². The molecule has 0 radical (unpaired) electrons. The SMILES string of the molecule is CCOc1ccc(-c2nnc(S[C@@H](C)C(=O)Nc3ccc(F)cc3Cl)n2N)cc1. The van der Waals surface area contributed by atoms with E-state index in [-0.39, 0.29) is 10.9 Å². The molecule has 3 aromatic rings. The van der Waals surface area contributed by atoms with Gasteiger partial charge >= 0.3 is 0 Å². The molecular weight excluding hydrogens is 417 g/mol. The van der Waals surface area contributed by atoms with E-state index in [0.717, 1.165) is 29.1 Å². The first-order chi connectivity index (χ1) is 13.9. The molecule has 1 aromatic heterocycles. The van der Waals surface area contributed by atoms with Crippen LogP contribution in [0.2, 0.25) is 5.02 Å². The average molecular weight is 436 g/mol. The van der Waals surface area contributed by atoms with Gasteiger partial charge in [-0.1, -0.05) is 23.4 Å². The molecule has 152 valence electrons. The number of ether oxygens (including phenoxy) is 1. The Bertz CT molecular complexity index is 1010. The Labute approximate surface area is 176 Å². The zero-order chi connectivity index (χ0) is 21.0. The molecule has 29 heavy (non-hydrogen) atoms. The minimum atomic E-state index is -0.546. The number of hydrogen-bond acceptors (Lipinski definition) is 6. The lowest BCUT2D eigenvalue weighted by atomic mass is 10.2. The number of carbonyl (C=O) groups is 1. The number of nitrogens with two attached hydrogens (primary N) is 1. The van der Waals surface area contributed by atoms with Gasteiger partial charge in [0.1, 0.15) is 11.6 Å². The Morgan fingerprint density at radius 2 is 2.03 bits per heavy atom. The Balaban J connectivity index is 1.69. The fraction of sp³-hybridized carbons (Fsp3) is 0.211. The van der Waals surface area contributed by atoms with Crippen molar-refractivity contribution in [3.63, 3.8) is 0 Å². The third-order valence-corrected chi connectivity index (χ3v) is 5.30. The van der Waals surface area contributed by atoms with Gasteiger partial charge in [-0.15, -0.1) is 10.2 Å². The summed E-state index contributed by atoms with van der Waals surface area (Å²) in [5.74, 6) is 6.53. The lowest BCUT2D eigenvalue weighted by molar-refractivity contribution is -0.115. The maximum absolute atomic E-state index is 13.1. The Morgan fingerprint density at radius 3 is 2.69 bits per heavy atom. The van der Waals surface area contributed by atoms with Gasteiger partial charge in [-0.05, 0) is 56.3 Å². The molecule has 0 spiro atoms. The molecule has 3 rings (SSSR count). The highest BCUT2D eigenvalue weighted by Gasteiger charge is 2.21. The quantitative estimate of drug-likeness (QED) is 0.430. The maximum Gasteiger partial charge on any atom is 0.237 e. The average Bonchev–Trinajstić information content (AvgIpc) is 3.05. The number of amides is 1. The van der Waals surface area contributed by atoms with Gasteiger partial charge in [-0.2, -0.15) is 0 Å². The van der Waals surface area contributed by atoms with Crippen molar-refractivity contribution in [3.05, 3.63) is 53.3 Å². The fourth-order valence-corrected chi connectivity index (χ4v) is 3.44. The second-order valence-electron chi connectivity index (χ2n) is 6.01. The highest BCUT2D eigenvalue weighted by molar-refractivity contribution is 8.00. The van der Waals surface area contributed by atoms with Gasteiger partial charge in [0.05, 0.1) is 22.6 Å². The molecule has 1 heterocycles. The zero-order valence-electron chi connectivity index (χ0n) is 15.7. The van der Waals surface area contributed by atoms with Crippen molar-refractivity contribution in [2.24, 2.45) is 0 Å². The highest BCUT2D eigenvalue weighted by Crippen LogP contribution is 2.28. The maximum atomic E-state index is 13.1. The molecule has 0 saturated heterocycles. The number of aromatic nitrogens is 3. The summed E-state index contributed by atoms with van der Waals surface area (Å²) in [6.45, 7) is 4.19. The molecule has 0 aliphatic carbocycles. The van der Waals surface area contributed by atoms with Gasteiger partial charge in [-0.3, -0.25) is 4.79 Å². The van der Waals surface area contributed by atoms with Crippen LogP contribution < -0.4 is 15.9 Å². The van der Waals surface area contributed by atoms with Gasteiger partial charge in [0, 0.05) is 5.56 Å². The van der Waals surface area contributed by atoms with Gasteiger partial charge in [0.2, 0.25) is 11.1 Å². The molecule has 0 aliphatic rings. The van der Waals surface area contributed by atoms with Crippen LogP contribution >= 0.6 is 23.4 Å². The van der Waals surface area contributed by atoms with Crippen LogP contribution in [0.15, 0.2) is 47.6 Å². The van der Waals surface area contributed by atoms with Crippen LogP contribution in [0.4, 0.5) is 10.1 Å². The topological polar surface area (TPSA) is 95.1 Å². The summed E-state index contributed by atoms with van der Waals surface area (Å²) in [4.78, 5) is 12.4. The molecule has 2 aromatic carbocycles. The number of nitrogens with zero attached hydrogens (tertiary/aromatic N) is 3. The van der Waals surface area contributed by atoms with Crippen molar-refractivity contribution in [3.8, 4) is 17.1 Å². The van der Waals surface area contributed by atoms with E-state index in [4.69, 9.17) is 22.2 Å². The van der Waals surface area contributed by atoms with Gasteiger partial charge in [0.25, 0.3) is 0 Å². The summed E-state index contributed by atoms with van der Waals surface area (Å²) in [5.41, 5.74) is 1.10. The number of nitrogens with one attached hydrogen (secondary N) is 1. The summed E-state index contributed by atoms with van der Waals surface area (Å²) in [6, 6.07) is 11.1. The Morgan fingerprint density at radius 1 is 1.31 bits per heavy atom. The lowest BCUT2D eigenvalue weighted by Gasteiger charge is -2.12. The normalized spacial score (nSPS) is 11.9. The predicted molar refractivity (Wildman–Crippen MR) is 112 cm³/mol. The minimum Gasteiger partial charge on any atom is -0.494 e. The monoisotopic (exact) mass is 435 g/mol. The molecule has 0 unspecified atom stereocenters. The van der Waals surface area contributed by atoms with Crippen LogP contribution in [0.5, 0.6) is 5.75 Å². The number of hydrogen-bond donors (Lipinski definition) is 2. The van der Waals surface area contributed by atoms with Gasteiger partial charge < -0.3 is 15.9 Å². The molecule has 1 atom stereocenters. The molecular formula is C19H19ClFN5O2S. The van der Waals surface area contributed by atoms with E-state index >= 15 is 0 Å². The van der Waals surface area contributed by atoms with Gasteiger partial charge in [0.15, 0.2) is 5.82 Å². The molecule has 10 heteroatoms. The minimum absolute atomic E-state index is 0.121. The lowest BCUT2D eigenvalue weighted by Crippen LogP contribution is -2.23. The Hall–Kier alpha value is -2.78. The van der Waals surface area contributed by atoms with Crippen LogP contribution in [-0.2, 0) is 4.79 Å². The molecule has 0 saturated carbocycles. The van der Waals surface area contributed by atoms with Crippen molar-refractivity contribution in [2.45, 2.75) is 24.3 Å². The number of rotatable bonds is 7. The second kappa shape index (κ2) is 9.15. The number of thioether (sulfide) groups is 1. The molecule has 0 fully saturated rings. The second-order valence-corrected chi connectivity index (χ2v) is 7.72. The molecule has 0 aliphatic heterocycles. The van der Waals surface area contributed by atoms with Crippen molar-refractivity contribution >= 4 is 35.0 Å². The first kappa shape index (κ1) is 20.9. The standard InChI is InChI=1S/C19H19ClFN5O2S/c1-3-28-14-7-4-12(5-8-14)17-24-25-19(26(17)22)29-11(2)18(27)23-16-9-6-13(21)10-15(16)20/h4-11H,3,22H2,1-2H3,(H,23,27)/t11-/m0/s1. The van der Waals surface area contributed by atoms with Crippen LogP contribution in [0, 0.1) is 5.82 Å². The number of anilines is 1. The van der Waals surface area contributed by atoms with Crippen molar-refractivity contribution in [2.75, 3.05) is 17.8 Å². The summed E-state index contributed by atoms with van der Waals surface area (Å²) in [5, 5.41) is 10.8. The molecule has 1 amide bonds. The summed E-state index contributed by atoms with van der Waals surface area (Å²) >= 11 is 7.09. The van der Waals surface area contributed by atoms with E-state index in [1.54, 1.807) is 6.92 Å². The number of carbonyl (C=O) groups excluding carboxylic acids is 1. The third-order valence-electron chi connectivity index (χ3n) is 3.93. The largest absolute Gasteiger partial charge is 0.494 e. The first-order valence-corrected chi connectivity index (χ1v) is 10.0. The van der Waals surface area contributed by atoms with Crippen molar-refractivity contribution in [1.82, 2.24) is 14.9 Å². The molecule has 7 nitrogen and oxygen atoms in total. The van der Waals surface area contributed by atoms with E-state index in [0.29, 0.717) is 23.3 Å². The van der Waals surface area contributed by atoms with Crippen molar-refractivity contribution < 1.29 is 13.9 Å². The summed E-state index contributed by atoms with van der Waals surface area (Å²) < 4.78 is 19.9. The van der Waals surface area contributed by atoms with E-state index in [1.807, 2.05) is 31.2 Å². The number of benzene rings is 2. The summed E-state index contributed by atoms with van der Waals surface area (Å²) in [7, 11) is 0. The van der Waals surface area contributed by atoms with E-state index in [9.17, 15) is 9.18 Å². The molecule has 0 bridgehead atoms. The number of nitrogen functional groups attached to an aromatic ring is 1. The Kier molecular flexibility index (Phi) is 6.60. The molecule has 3 N–H and O–H groups in total. The number of halogens is 2. The third kappa shape index (κ3) is 4.99. The highest BCUT2D eigenvalue weighted by atomic mass is 35.5. The summed E-state index contributed by atoms with van der Waals surface area (Å²) in [6.07, 6.45) is 0. The van der Waals surface area contributed by atoms with Crippen LogP contribution in [-0.4, -0.2) is 32.6 Å².